The van der Waals surface area contributed by atoms with Crippen LogP contribution in [0.25, 0.3) is 11.4 Å². The van der Waals surface area contributed by atoms with Gasteiger partial charge in [-0.05, 0) is 74.8 Å². The molecule has 0 amide bonds. The number of nitriles is 1. The highest BCUT2D eigenvalue weighted by Crippen LogP contribution is 2.42. The number of esters is 1. The SMILES string of the molecule is CCCCCCCC[C@]1(C#N)CC[C@H](C(=O)Oc2ccc(-c3ncc(CCCCC)cn3)cc2)CC1. The Kier molecular flexibility index (Phi) is 11.4. The van der Waals surface area contributed by atoms with Crippen molar-refractivity contribution in [2.45, 2.75) is 110 Å². The number of aromatic nitrogens is 2. The number of rotatable bonds is 14. The monoisotopic (exact) mass is 489 g/mol. The number of aryl methyl sites for hydroxylation is 1. The zero-order valence-electron chi connectivity index (χ0n) is 22.3. The van der Waals surface area contributed by atoms with Gasteiger partial charge in [-0.2, -0.15) is 5.26 Å². The second kappa shape index (κ2) is 14.7. The summed E-state index contributed by atoms with van der Waals surface area (Å²) in [5, 5.41) is 9.85. The highest BCUT2D eigenvalue weighted by atomic mass is 16.5. The number of benzene rings is 1. The molecule has 0 N–H and O–H groups in total. The smallest absolute Gasteiger partial charge is 0.314 e. The zero-order valence-corrected chi connectivity index (χ0v) is 22.3. The lowest BCUT2D eigenvalue weighted by Gasteiger charge is -2.34. The molecule has 0 bridgehead atoms. The first-order valence-electron chi connectivity index (χ1n) is 14.1. The van der Waals surface area contributed by atoms with Gasteiger partial charge < -0.3 is 4.74 Å². The first-order chi connectivity index (χ1) is 17.6. The normalized spacial score (nSPS) is 19.5. The minimum atomic E-state index is -0.255. The summed E-state index contributed by atoms with van der Waals surface area (Å²) in [6.45, 7) is 4.43. The van der Waals surface area contributed by atoms with Crippen LogP contribution in [-0.2, 0) is 11.2 Å². The summed E-state index contributed by atoms with van der Waals surface area (Å²) in [6.07, 6.45) is 19.9. The van der Waals surface area contributed by atoms with Gasteiger partial charge in [0.15, 0.2) is 5.82 Å². The van der Waals surface area contributed by atoms with Crippen molar-refractivity contribution in [3.8, 4) is 23.2 Å². The van der Waals surface area contributed by atoms with E-state index in [0.717, 1.165) is 62.5 Å². The fraction of sp³-hybridized carbons (Fsp3) is 0.613. The van der Waals surface area contributed by atoms with Crippen LogP contribution in [0.4, 0.5) is 0 Å². The Morgan fingerprint density at radius 3 is 2.19 bits per heavy atom. The van der Waals surface area contributed by atoms with Gasteiger partial charge in [-0.1, -0.05) is 65.2 Å². The number of ether oxygens (including phenoxy) is 1. The average molecular weight is 490 g/mol. The van der Waals surface area contributed by atoms with Crippen molar-refractivity contribution in [2.75, 3.05) is 0 Å². The maximum absolute atomic E-state index is 12.8. The number of nitrogens with zero attached hydrogens (tertiary/aromatic N) is 3. The van der Waals surface area contributed by atoms with Crippen LogP contribution in [-0.4, -0.2) is 15.9 Å². The van der Waals surface area contributed by atoms with E-state index < -0.39 is 0 Å². The molecule has 2 aromatic rings. The number of carbonyl (C=O) groups excluding carboxylic acids is 1. The lowest BCUT2D eigenvalue weighted by molar-refractivity contribution is -0.140. The molecule has 0 spiro atoms. The third kappa shape index (κ3) is 8.43. The van der Waals surface area contributed by atoms with Crippen molar-refractivity contribution in [1.82, 2.24) is 9.97 Å². The molecule has 5 nitrogen and oxygen atoms in total. The molecule has 0 aliphatic heterocycles. The van der Waals surface area contributed by atoms with Gasteiger partial charge in [0, 0.05) is 18.0 Å². The summed E-state index contributed by atoms with van der Waals surface area (Å²) in [4.78, 5) is 21.8. The summed E-state index contributed by atoms with van der Waals surface area (Å²) in [5.74, 6) is 0.919. The van der Waals surface area contributed by atoms with Crippen LogP contribution in [0.5, 0.6) is 5.75 Å². The molecule has 3 rings (SSSR count). The average Bonchev–Trinajstić information content (AvgIpc) is 2.92. The van der Waals surface area contributed by atoms with Crippen LogP contribution >= 0.6 is 0 Å². The van der Waals surface area contributed by atoms with Gasteiger partial charge in [-0.15, -0.1) is 0 Å². The largest absolute Gasteiger partial charge is 0.426 e. The van der Waals surface area contributed by atoms with Crippen LogP contribution in [0.15, 0.2) is 36.7 Å². The second-order valence-electron chi connectivity index (χ2n) is 10.5. The van der Waals surface area contributed by atoms with Crippen LogP contribution in [0.2, 0.25) is 0 Å². The highest BCUT2D eigenvalue weighted by Gasteiger charge is 2.37. The molecule has 0 unspecified atom stereocenters. The van der Waals surface area contributed by atoms with Crippen molar-refractivity contribution in [2.24, 2.45) is 11.3 Å². The highest BCUT2D eigenvalue weighted by molar-refractivity contribution is 5.75. The Morgan fingerprint density at radius 2 is 1.56 bits per heavy atom. The molecule has 1 saturated carbocycles. The van der Waals surface area contributed by atoms with Crippen LogP contribution in [0.3, 0.4) is 0 Å². The van der Waals surface area contributed by atoms with Gasteiger partial charge in [-0.3, -0.25) is 4.79 Å². The molecule has 1 aromatic heterocycles. The van der Waals surface area contributed by atoms with E-state index in [4.69, 9.17) is 4.74 Å². The lowest BCUT2D eigenvalue weighted by Crippen LogP contribution is -2.31. The maximum Gasteiger partial charge on any atom is 0.314 e. The molecule has 0 atom stereocenters. The predicted molar refractivity (Wildman–Crippen MR) is 144 cm³/mol. The molecular formula is C31H43N3O2. The molecule has 1 aromatic carbocycles. The molecule has 0 radical (unpaired) electrons. The summed E-state index contributed by atoms with van der Waals surface area (Å²) in [6, 6.07) is 10.0. The fourth-order valence-corrected chi connectivity index (χ4v) is 5.15. The molecule has 1 aliphatic carbocycles. The second-order valence-corrected chi connectivity index (χ2v) is 10.5. The van der Waals surface area contributed by atoms with Gasteiger partial charge in [0.25, 0.3) is 0 Å². The zero-order chi connectivity index (χ0) is 25.6. The topological polar surface area (TPSA) is 75.9 Å². The van der Waals surface area contributed by atoms with E-state index in [1.54, 1.807) is 0 Å². The molecule has 1 aliphatic rings. The number of hydrogen-bond donors (Lipinski definition) is 0. The van der Waals surface area contributed by atoms with Gasteiger partial charge in [0.1, 0.15) is 5.75 Å². The fourth-order valence-electron chi connectivity index (χ4n) is 5.15. The Bertz CT molecular complexity index is 955. The van der Waals surface area contributed by atoms with Crippen LogP contribution in [0, 0.1) is 22.7 Å². The molecule has 1 fully saturated rings. The molecule has 0 saturated heterocycles. The lowest BCUT2D eigenvalue weighted by atomic mass is 9.69. The van der Waals surface area contributed by atoms with Crippen molar-refractivity contribution in [1.29, 1.82) is 5.26 Å². The van der Waals surface area contributed by atoms with E-state index in [1.165, 1.54) is 44.9 Å². The summed E-state index contributed by atoms with van der Waals surface area (Å²) < 4.78 is 5.69. The minimum absolute atomic E-state index is 0.126. The van der Waals surface area contributed by atoms with Crippen molar-refractivity contribution in [3.05, 3.63) is 42.2 Å². The third-order valence-corrected chi connectivity index (χ3v) is 7.63. The van der Waals surface area contributed by atoms with Gasteiger partial charge in [-0.25, -0.2) is 9.97 Å². The summed E-state index contributed by atoms with van der Waals surface area (Å²) in [7, 11) is 0. The molecule has 1 heterocycles. The number of unbranched alkanes of at least 4 members (excludes halogenated alkanes) is 7. The van der Waals surface area contributed by atoms with Gasteiger partial charge in [0.2, 0.25) is 0 Å². The van der Waals surface area contributed by atoms with E-state index in [9.17, 15) is 10.1 Å². The molecule has 36 heavy (non-hydrogen) atoms. The Morgan fingerprint density at radius 1 is 0.944 bits per heavy atom. The first-order valence-corrected chi connectivity index (χ1v) is 14.1. The van der Waals surface area contributed by atoms with E-state index >= 15 is 0 Å². The van der Waals surface area contributed by atoms with Crippen molar-refractivity contribution < 1.29 is 9.53 Å². The van der Waals surface area contributed by atoms with E-state index in [-0.39, 0.29) is 17.3 Å². The quantitative estimate of drug-likeness (QED) is 0.152. The standard InChI is InChI=1S/C31H43N3O2/c1-3-5-7-8-9-11-19-31(24-32)20-17-27(18-21-31)30(35)36-28-15-13-26(14-16-28)29-33-22-25(23-34-29)12-10-6-4-2/h13-16,22-23,27H,3-12,17-21H2,1-2H3/t27-,31-. The predicted octanol–water partition coefficient (Wildman–Crippen LogP) is 8.23. The summed E-state index contributed by atoms with van der Waals surface area (Å²) >= 11 is 0. The van der Waals surface area contributed by atoms with Gasteiger partial charge >= 0.3 is 5.97 Å². The molecule has 194 valence electrons. The maximum atomic E-state index is 12.8. The minimum Gasteiger partial charge on any atom is -0.426 e. The number of hydrogen-bond acceptors (Lipinski definition) is 5. The van der Waals surface area contributed by atoms with Gasteiger partial charge in [0.05, 0.1) is 17.4 Å². The van der Waals surface area contributed by atoms with E-state index in [2.05, 4.69) is 29.9 Å². The third-order valence-electron chi connectivity index (χ3n) is 7.63. The number of carbonyl (C=O) groups is 1. The van der Waals surface area contributed by atoms with Crippen LogP contribution < -0.4 is 4.74 Å². The van der Waals surface area contributed by atoms with Crippen molar-refractivity contribution in [3.63, 3.8) is 0 Å². The van der Waals surface area contributed by atoms with Crippen molar-refractivity contribution >= 4 is 5.97 Å². The Labute approximate surface area is 217 Å². The Hall–Kier alpha value is -2.74. The molecular weight excluding hydrogens is 446 g/mol. The van der Waals surface area contributed by atoms with E-state index in [0.29, 0.717) is 11.6 Å². The Balaban J connectivity index is 1.45. The van der Waals surface area contributed by atoms with Crippen LogP contribution in [0.1, 0.15) is 109 Å². The summed E-state index contributed by atoms with van der Waals surface area (Å²) in [5.41, 5.74) is 1.81. The van der Waals surface area contributed by atoms with E-state index in [1.807, 2.05) is 36.7 Å². The molecule has 5 heteroatoms. The first kappa shape index (κ1) is 27.8.